The molecule has 3 aromatic rings. The first kappa shape index (κ1) is 16.5. The number of carbonyl (C=O) groups excluding carboxylic acids is 1. The van der Waals surface area contributed by atoms with Crippen molar-refractivity contribution in [3.05, 3.63) is 78.5 Å². The second-order valence-corrected chi connectivity index (χ2v) is 5.49. The monoisotopic (exact) mass is 333 g/mol. The molecule has 3 rings (SSSR count). The van der Waals surface area contributed by atoms with E-state index in [9.17, 15) is 4.79 Å². The van der Waals surface area contributed by atoms with Gasteiger partial charge in [-0.15, -0.1) is 0 Å². The van der Waals surface area contributed by atoms with Crippen LogP contribution in [0.25, 0.3) is 0 Å². The summed E-state index contributed by atoms with van der Waals surface area (Å²) in [5.74, 6) is 1.29. The maximum Gasteiger partial charge on any atom is 0.255 e. The Bertz CT molecular complexity index is 851. The lowest BCUT2D eigenvalue weighted by molar-refractivity contribution is 0.102. The summed E-state index contributed by atoms with van der Waals surface area (Å²) in [6.07, 6.45) is 1.74. The Morgan fingerprint density at radius 2 is 1.80 bits per heavy atom. The quantitative estimate of drug-likeness (QED) is 0.763. The molecule has 0 saturated carbocycles. The molecule has 5 nitrogen and oxygen atoms in total. The van der Waals surface area contributed by atoms with Gasteiger partial charge in [0.05, 0.1) is 7.11 Å². The number of aromatic nitrogens is 1. The van der Waals surface area contributed by atoms with Gasteiger partial charge in [0, 0.05) is 42.3 Å². The van der Waals surface area contributed by atoms with Gasteiger partial charge < -0.3 is 15.0 Å². The molecule has 0 saturated heterocycles. The highest BCUT2D eigenvalue weighted by Crippen LogP contribution is 2.30. The van der Waals surface area contributed by atoms with Gasteiger partial charge >= 0.3 is 0 Å². The molecule has 126 valence electrons. The van der Waals surface area contributed by atoms with Gasteiger partial charge in [-0.25, -0.2) is 4.98 Å². The van der Waals surface area contributed by atoms with E-state index in [4.69, 9.17) is 4.74 Å². The number of ether oxygens (including phenoxy) is 1. The van der Waals surface area contributed by atoms with Crippen LogP contribution in [0.5, 0.6) is 5.75 Å². The minimum absolute atomic E-state index is 0.166. The minimum atomic E-state index is -0.166. The van der Waals surface area contributed by atoms with Crippen LogP contribution in [-0.4, -0.2) is 25.0 Å². The maximum atomic E-state index is 12.4. The van der Waals surface area contributed by atoms with Crippen LogP contribution in [0.2, 0.25) is 0 Å². The number of rotatable bonds is 5. The lowest BCUT2D eigenvalue weighted by atomic mass is 10.2. The zero-order valence-corrected chi connectivity index (χ0v) is 14.1. The lowest BCUT2D eigenvalue weighted by Gasteiger charge is -2.20. The highest BCUT2D eigenvalue weighted by atomic mass is 16.5. The van der Waals surface area contributed by atoms with Crippen molar-refractivity contribution >= 4 is 23.1 Å². The van der Waals surface area contributed by atoms with Crippen molar-refractivity contribution in [1.82, 2.24) is 4.98 Å². The summed E-state index contributed by atoms with van der Waals surface area (Å²) in [6, 6.07) is 20.4. The van der Waals surface area contributed by atoms with E-state index < -0.39 is 0 Å². The molecule has 2 aromatic carbocycles. The van der Waals surface area contributed by atoms with Gasteiger partial charge in [-0.1, -0.05) is 24.3 Å². The number of nitrogens with zero attached hydrogens (tertiary/aromatic N) is 2. The van der Waals surface area contributed by atoms with Crippen molar-refractivity contribution < 1.29 is 9.53 Å². The fraction of sp³-hybridized carbons (Fsp3) is 0.100. The fourth-order valence-corrected chi connectivity index (χ4v) is 2.44. The van der Waals surface area contributed by atoms with E-state index in [1.54, 1.807) is 31.5 Å². The Morgan fingerprint density at radius 3 is 2.48 bits per heavy atom. The molecule has 0 aliphatic carbocycles. The second-order valence-electron chi connectivity index (χ2n) is 5.49. The summed E-state index contributed by atoms with van der Waals surface area (Å²) in [5.41, 5.74) is 2.12. The van der Waals surface area contributed by atoms with Crippen molar-refractivity contribution in [3.63, 3.8) is 0 Å². The number of hydrogen-bond donors (Lipinski definition) is 1. The van der Waals surface area contributed by atoms with Gasteiger partial charge in [-0.2, -0.15) is 0 Å². The number of amides is 1. The molecule has 0 aliphatic heterocycles. The van der Waals surface area contributed by atoms with Crippen LogP contribution < -0.4 is 15.0 Å². The van der Waals surface area contributed by atoms with E-state index in [2.05, 4.69) is 10.3 Å². The van der Waals surface area contributed by atoms with Crippen LogP contribution in [0.4, 0.5) is 17.2 Å². The van der Waals surface area contributed by atoms with E-state index in [1.165, 1.54) is 0 Å². The topological polar surface area (TPSA) is 54.5 Å². The van der Waals surface area contributed by atoms with Crippen LogP contribution >= 0.6 is 0 Å². The molecule has 0 atom stereocenters. The Kier molecular flexibility index (Phi) is 4.95. The van der Waals surface area contributed by atoms with Crippen molar-refractivity contribution in [3.8, 4) is 5.75 Å². The van der Waals surface area contributed by atoms with Gasteiger partial charge in [0.2, 0.25) is 0 Å². The molecular formula is C20H19N3O2. The number of anilines is 3. The molecule has 0 unspecified atom stereocenters. The molecular weight excluding hydrogens is 314 g/mol. The summed E-state index contributed by atoms with van der Waals surface area (Å²) < 4.78 is 5.37. The third-order valence-corrected chi connectivity index (χ3v) is 3.80. The number of carbonyl (C=O) groups is 1. The minimum Gasteiger partial charge on any atom is -0.497 e. The zero-order chi connectivity index (χ0) is 17.6. The average Bonchev–Trinajstić information content (AvgIpc) is 2.68. The maximum absolute atomic E-state index is 12.4. The van der Waals surface area contributed by atoms with Crippen LogP contribution in [-0.2, 0) is 0 Å². The molecule has 1 aromatic heterocycles. The summed E-state index contributed by atoms with van der Waals surface area (Å²) >= 11 is 0. The summed E-state index contributed by atoms with van der Waals surface area (Å²) in [4.78, 5) is 18.7. The summed E-state index contributed by atoms with van der Waals surface area (Å²) in [6.45, 7) is 0. The molecule has 1 N–H and O–H groups in total. The third-order valence-electron chi connectivity index (χ3n) is 3.80. The predicted octanol–water partition coefficient (Wildman–Crippen LogP) is 4.11. The third kappa shape index (κ3) is 3.95. The second kappa shape index (κ2) is 7.49. The fourth-order valence-electron chi connectivity index (χ4n) is 2.44. The molecule has 1 amide bonds. The first-order valence-corrected chi connectivity index (χ1v) is 7.87. The highest BCUT2D eigenvalue weighted by Gasteiger charge is 2.11. The van der Waals surface area contributed by atoms with Gasteiger partial charge in [0.25, 0.3) is 5.91 Å². The lowest BCUT2D eigenvalue weighted by Crippen LogP contribution is -2.14. The molecule has 1 heterocycles. The molecule has 25 heavy (non-hydrogen) atoms. The summed E-state index contributed by atoms with van der Waals surface area (Å²) in [7, 11) is 3.52. The van der Waals surface area contributed by atoms with Gasteiger partial charge in [-0.05, 0) is 30.3 Å². The zero-order valence-electron chi connectivity index (χ0n) is 14.1. The van der Waals surface area contributed by atoms with E-state index in [0.29, 0.717) is 17.0 Å². The van der Waals surface area contributed by atoms with Crippen molar-refractivity contribution in [2.45, 2.75) is 0 Å². The summed E-state index contributed by atoms with van der Waals surface area (Å²) in [5, 5.41) is 2.91. The number of methoxy groups -OCH3 is 1. The highest BCUT2D eigenvalue weighted by molar-refractivity contribution is 6.04. The molecule has 0 bridgehead atoms. The van der Waals surface area contributed by atoms with Gasteiger partial charge in [-0.3, -0.25) is 4.79 Å². The SMILES string of the molecule is COc1cc(NC(=O)c2ccccc2)cc(N(C)c2ccccn2)c1. The van der Waals surface area contributed by atoms with Crippen molar-refractivity contribution in [2.24, 2.45) is 0 Å². The number of hydrogen-bond acceptors (Lipinski definition) is 4. The Balaban J connectivity index is 1.89. The Labute approximate surface area is 146 Å². The van der Waals surface area contributed by atoms with Crippen LogP contribution in [0.3, 0.4) is 0 Å². The molecule has 5 heteroatoms. The van der Waals surface area contributed by atoms with Gasteiger partial charge in [0.15, 0.2) is 0 Å². The first-order chi connectivity index (χ1) is 12.2. The smallest absolute Gasteiger partial charge is 0.255 e. The van der Waals surface area contributed by atoms with Crippen LogP contribution in [0, 0.1) is 0 Å². The average molecular weight is 333 g/mol. The van der Waals surface area contributed by atoms with Crippen LogP contribution in [0.1, 0.15) is 10.4 Å². The van der Waals surface area contributed by atoms with E-state index in [0.717, 1.165) is 11.5 Å². The largest absolute Gasteiger partial charge is 0.497 e. The van der Waals surface area contributed by atoms with E-state index in [1.807, 2.05) is 60.5 Å². The standard InChI is InChI=1S/C20H19N3O2/c1-23(19-10-6-7-11-21-19)17-12-16(13-18(14-17)25-2)22-20(24)15-8-4-3-5-9-15/h3-14H,1-2H3,(H,22,24). The first-order valence-electron chi connectivity index (χ1n) is 7.87. The number of nitrogens with one attached hydrogen (secondary N) is 1. The molecule has 0 fully saturated rings. The van der Waals surface area contributed by atoms with Crippen molar-refractivity contribution in [2.75, 3.05) is 24.4 Å². The number of benzene rings is 2. The van der Waals surface area contributed by atoms with Crippen molar-refractivity contribution in [1.29, 1.82) is 0 Å². The molecule has 0 spiro atoms. The Hall–Kier alpha value is -3.34. The predicted molar refractivity (Wildman–Crippen MR) is 99.7 cm³/mol. The van der Waals surface area contributed by atoms with Gasteiger partial charge in [0.1, 0.15) is 11.6 Å². The van der Waals surface area contributed by atoms with Crippen LogP contribution in [0.15, 0.2) is 72.9 Å². The van der Waals surface area contributed by atoms with E-state index >= 15 is 0 Å². The normalized spacial score (nSPS) is 10.2. The Morgan fingerprint density at radius 1 is 1.04 bits per heavy atom. The molecule has 0 aliphatic rings. The molecule has 0 radical (unpaired) electrons. The van der Waals surface area contributed by atoms with E-state index in [-0.39, 0.29) is 5.91 Å². The number of pyridine rings is 1.